The van der Waals surface area contributed by atoms with Gasteiger partial charge in [0.2, 0.25) is 10.0 Å². The van der Waals surface area contributed by atoms with E-state index >= 15 is 0 Å². The van der Waals surface area contributed by atoms with Crippen molar-refractivity contribution in [3.8, 4) is 0 Å². The summed E-state index contributed by atoms with van der Waals surface area (Å²) in [6.45, 7) is 5.89. The highest BCUT2D eigenvalue weighted by molar-refractivity contribution is 7.92. The monoisotopic (exact) mass is 416 g/mol. The molecule has 0 unspecified atom stereocenters. The lowest BCUT2D eigenvalue weighted by molar-refractivity contribution is 0.445. The third kappa shape index (κ3) is 4.20. The second-order valence-corrected chi connectivity index (χ2v) is 9.61. The molecule has 2 rings (SSSR count). The van der Waals surface area contributed by atoms with Crippen LogP contribution in [0.25, 0.3) is 0 Å². The largest absolute Gasteiger partial charge is 0.279 e. The highest BCUT2D eigenvalue weighted by atomic mass is 35.5. The third-order valence-electron chi connectivity index (χ3n) is 3.99. The third-order valence-corrected chi connectivity index (χ3v) is 7.84. The fraction of sp³-hybridized carbons (Fsp3) is 0.294. The SMILES string of the molecule is CCN(CC)S(=O)(=O)c1ccc(S(=O)(=O)Nc2cccc(Cl)c2C)cc1. The zero-order chi connectivity index (χ0) is 19.5. The Labute approximate surface area is 159 Å². The van der Waals surface area contributed by atoms with E-state index in [4.69, 9.17) is 11.6 Å². The Morgan fingerprint density at radius 2 is 1.46 bits per heavy atom. The van der Waals surface area contributed by atoms with Gasteiger partial charge in [-0.05, 0) is 48.9 Å². The van der Waals surface area contributed by atoms with Gasteiger partial charge in [0.1, 0.15) is 0 Å². The molecule has 0 heterocycles. The molecule has 0 saturated carbocycles. The van der Waals surface area contributed by atoms with Gasteiger partial charge < -0.3 is 0 Å². The molecule has 0 bridgehead atoms. The maximum Gasteiger partial charge on any atom is 0.261 e. The number of halogens is 1. The van der Waals surface area contributed by atoms with Gasteiger partial charge in [-0.2, -0.15) is 4.31 Å². The lowest BCUT2D eigenvalue weighted by Crippen LogP contribution is -2.30. The topological polar surface area (TPSA) is 83.6 Å². The zero-order valence-electron chi connectivity index (χ0n) is 14.7. The van der Waals surface area contributed by atoms with Crippen molar-refractivity contribution in [3.05, 3.63) is 53.1 Å². The van der Waals surface area contributed by atoms with E-state index in [1.807, 2.05) is 0 Å². The van der Waals surface area contributed by atoms with Crippen molar-refractivity contribution in [2.75, 3.05) is 17.8 Å². The number of anilines is 1. The van der Waals surface area contributed by atoms with E-state index in [9.17, 15) is 16.8 Å². The van der Waals surface area contributed by atoms with Gasteiger partial charge in [-0.15, -0.1) is 0 Å². The average Bonchev–Trinajstić information content (AvgIpc) is 2.60. The molecule has 0 radical (unpaired) electrons. The van der Waals surface area contributed by atoms with E-state index in [1.54, 1.807) is 39.0 Å². The molecular weight excluding hydrogens is 396 g/mol. The molecule has 9 heteroatoms. The normalized spacial score (nSPS) is 12.3. The Morgan fingerprint density at radius 3 is 2.00 bits per heavy atom. The van der Waals surface area contributed by atoms with Crippen LogP contribution >= 0.6 is 11.6 Å². The minimum Gasteiger partial charge on any atom is -0.279 e. The Hall–Kier alpha value is -1.61. The molecule has 0 aliphatic rings. The van der Waals surface area contributed by atoms with Crippen molar-refractivity contribution in [1.29, 1.82) is 0 Å². The second kappa shape index (κ2) is 7.96. The van der Waals surface area contributed by atoms with E-state index in [0.29, 0.717) is 29.4 Å². The van der Waals surface area contributed by atoms with Crippen LogP contribution in [0.2, 0.25) is 5.02 Å². The number of hydrogen-bond acceptors (Lipinski definition) is 4. The van der Waals surface area contributed by atoms with Gasteiger partial charge in [0, 0.05) is 18.1 Å². The molecule has 0 aliphatic heterocycles. The van der Waals surface area contributed by atoms with Crippen LogP contribution in [0, 0.1) is 6.92 Å². The summed E-state index contributed by atoms with van der Waals surface area (Å²) >= 11 is 6.01. The molecule has 0 fully saturated rings. The molecule has 0 aromatic heterocycles. The van der Waals surface area contributed by atoms with Crippen molar-refractivity contribution >= 4 is 37.3 Å². The van der Waals surface area contributed by atoms with E-state index in [1.165, 1.54) is 28.6 Å². The van der Waals surface area contributed by atoms with Crippen molar-refractivity contribution in [2.24, 2.45) is 0 Å². The fourth-order valence-electron chi connectivity index (χ4n) is 2.43. The van der Waals surface area contributed by atoms with Crippen LogP contribution in [0.15, 0.2) is 52.3 Å². The maximum atomic E-state index is 12.6. The van der Waals surface area contributed by atoms with Crippen molar-refractivity contribution in [3.63, 3.8) is 0 Å². The molecule has 0 amide bonds. The van der Waals surface area contributed by atoms with Gasteiger partial charge >= 0.3 is 0 Å². The molecule has 26 heavy (non-hydrogen) atoms. The van der Waals surface area contributed by atoms with Gasteiger partial charge in [0.25, 0.3) is 10.0 Å². The van der Waals surface area contributed by atoms with Crippen LogP contribution in [-0.2, 0) is 20.0 Å². The number of nitrogens with zero attached hydrogens (tertiary/aromatic N) is 1. The lowest BCUT2D eigenvalue weighted by Gasteiger charge is -2.18. The molecule has 6 nitrogen and oxygen atoms in total. The van der Waals surface area contributed by atoms with Gasteiger partial charge in [-0.25, -0.2) is 16.8 Å². The van der Waals surface area contributed by atoms with Crippen LogP contribution in [0.1, 0.15) is 19.4 Å². The molecule has 142 valence electrons. The standard InChI is InChI=1S/C17H21ClN2O4S2/c1-4-20(5-2)26(23,24)15-11-9-14(10-12-15)25(21,22)19-17-8-6-7-16(18)13(17)3/h6-12,19H,4-5H2,1-3H3. The summed E-state index contributed by atoms with van der Waals surface area (Å²) in [4.78, 5) is 0.0226. The molecule has 0 spiro atoms. The Bertz CT molecular complexity index is 984. The van der Waals surface area contributed by atoms with Crippen LogP contribution < -0.4 is 4.72 Å². The first kappa shape index (κ1) is 20.7. The average molecular weight is 417 g/mol. The van der Waals surface area contributed by atoms with Crippen molar-refractivity contribution in [1.82, 2.24) is 4.31 Å². The van der Waals surface area contributed by atoms with Crippen molar-refractivity contribution in [2.45, 2.75) is 30.6 Å². The lowest BCUT2D eigenvalue weighted by atomic mass is 10.2. The van der Waals surface area contributed by atoms with Crippen LogP contribution in [-0.4, -0.2) is 34.2 Å². The van der Waals surface area contributed by atoms with Gasteiger partial charge in [-0.3, -0.25) is 4.72 Å². The molecule has 2 aromatic rings. The maximum absolute atomic E-state index is 12.6. The van der Waals surface area contributed by atoms with Crippen LogP contribution in [0.3, 0.4) is 0 Å². The quantitative estimate of drug-likeness (QED) is 0.748. The molecule has 0 saturated heterocycles. The van der Waals surface area contributed by atoms with E-state index in [2.05, 4.69) is 4.72 Å². The number of sulfonamides is 2. The molecular formula is C17H21ClN2O4S2. The summed E-state index contributed by atoms with van der Waals surface area (Å²) in [5, 5.41) is 0.450. The van der Waals surface area contributed by atoms with E-state index in [0.717, 1.165) is 0 Å². The Kier molecular flexibility index (Phi) is 6.33. The molecule has 0 atom stereocenters. The number of rotatable bonds is 7. The summed E-state index contributed by atoms with van der Waals surface area (Å²) in [5.41, 5.74) is 0.982. The second-order valence-electron chi connectivity index (χ2n) is 5.58. The number of hydrogen-bond donors (Lipinski definition) is 1. The van der Waals surface area contributed by atoms with E-state index in [-0.39, 0.29) is 9.79 Å². The first-order chi connectivity index (χ1) is 12.1. The summed E-state index contributed by atoms with van der Waals surface area (Å²) in [6, 6.07) is 10.1. The van der Waals surface area contributed by atoms with Crippen molar-refractivity contribution < 1.29 is 16.8 Å². The highest BCUT2D eigenvalue weighted by Crippen LogP contribution is 2.26. The number of nitrogens with one attached hydrogen (secondary N) is 1. The first-order valence-corrected chi connectivity index (χ1v) is 11.3. The molecule has 2 aromatic carbocycles. The molecule has 0 aliphatic carbocycles. The van der Waals surface area contributed by atoms with Crippen LogP contribution in [0.5, 0.6) is 0 Å². The van der Waals surface area contributed by atoms with Gasteiger partial charge in [0.15, 0.2) is 0 Å². The zero-order valence-corrected chi connectivity index (χ0v) is 17.1. The predicted molar refractivity (Wildman–Crippen MR) is 104 cm³/mol. The summed E-state index contributed by atoms with van der Waals surface area (Å²) in [7, 11) is -7.50. The summed E-state index contributed by atoms with van der Waals surface area (Å²) in [6.07, 6.45) is 0. The Morgan fingerprint density at radius 1 is 0.923 bits per heavy atom. The van der Waals surface area contributed by atoms with Gasteiger partial charge in [-0.1, -0.05) is 31.5 Å². The van der Waals surface area contributed by atoms with Gasteiger partial charge in [0.05, 0.1) is 15.5 Å². The van der Waals surface area contributed by atoms with E-state index < -0.39 is 20.0 Å². The smallest absolute Gasteiger partial charge is 0.261 e. The minimum atomic E-state index is -3.86. The fourth-order valence-corrected chi connectivity index (χ4v) is 5.18. The number of benzene rings is 2. The summed E-state index contributed by atoms with van der Waals surface area (Å²) < 4.78 is 53.9. The van der Waals surface area contributed by atoms with Crippen LogP contribution in [0.4, 0.5) is 5.69 Å². The Balaban J connectivity index is 2.34. The molecule has 1 N–H and O–H groups in total. The first-order valence-electron chi connectivity index (χ1n) is 8.01. The highest BCUT2D eigenvalue weighted by Gasteiger charge is 2.23. The minimum absolute atomic E-state index is 0.0321. The predicted octanol–water partition coefficient (Wildman–Crippen LogP) is 3.48. The summed E-state index contributed by atoms with van der Waals surface area (Å²) in [5.74, 6) is 0.